The Kier molecular flexibility index (Phi) is 6.29. The smallest absolute Gasteiger partial charge is 0.310 e. The SMILES string of the molecule is COc1cccc(CC(=O)OCC(=O)Nc2c(C)nn(-c3ccccc3)c2C)c1. The molecule has 1 heterocycles. The summed E-state index contributed by atoms with van der Waals surface area (Å²) in [7, 11) is 1.56. The molecule has 0 atom stereocenters. The third-order valence-electron chi connectivity index (χ3n) is 4.40. The van der Waals surface area contributed by atoms with Crippen LogP contribution in [0.25, 0.3) is 5.69 Å². The van der Waals surface area contributed by atoms with Crippen molar-refractivity contribution in [2.24, 2.45) is 0 Å². The Labute approximate surface area is 169 Å². The largest absolute Gasteiger partial charge is 0.497 e. The van der Waals surface area contributed by atoms with E-state index in [0.717, 1.165) is 16.9 Å². The van der Waals surface area contributed by atoms with Crippen LogP contribution in [0.3, 0.4) is 0 Å². The minimum Gasteiger partial charge on any atom is -0.497 e. The van der Waals surface area contributed by atoms with Gasteiger partial charge in [-0.3, -0.25) is 9.59 Å². The number of hydrogen-bond donors (Lipinski definition) is 1. The number of amides is 1. The quantitative estimate of drug-likeness (QED) is 0.623. The zero-order valence-corrected chi connectivity index (χ0v) is 16.6. The first-order chi connectivity index (χ1) is 14.0. The number of esters is 1. The predicted molar refractivity (Wildman–Crippen MR) is 109 cm³/mol. The average molecular weight is 393 g/mol. The minimum absolute atomic E-state index is 0.0640. The molecule has 3 rings (SSSR count). The number of aromatic nitrogens is 2. The fourth-order valence-electron chi connectivity index (χ4n) is 2.97. The molecule has 0 aliphatic rings. The van der Waals surface area contributed by atoms with Crippen LogP contribution in [-0.2, 0) is 20.7 Å². The highest BCUT2D eigenvalue weighted by Gasteiger charge is 2.16. The molecule has 1 N–H and O–H groups in total. The van der Waals surface area contributed by atoms with Gasteiger partial charge in [-0.05, 0) is 43.7 Å². The van der Waals surface area contributed by atoms with E-state index in [2.05, 4.69) is 10.4 Å². The number of para-hydroxylation sites is 1. The van der Waals surface area contributed by atoms with Crippen LogP contribution in [0.1, 0.15) is 17.0 Å². The number of nitrogens with one attached hydrogen (secondary N) is 1. The van der Waals surface area contributed by atoms with Crippen molar-refractivity contribution in [2.75, 3.05) is 19.0 Å². The Bertz CT molecular complexity index is 1010. The topological polar surface area (TPSA) is 82.4 Å². The molecule has 0 radical (unpaired) electrons. The van der Waals surface area contributed by atoms with Crippen LogP contribution >= 0.6 is 0 Å². The summed E-state index contributed by atoms with van der Waals surface area (Å²) in [4.78, 5) is 24.3. The van der Waals surface area contributed by atoms with Crippen molar-refractivity contribution in [3.05, 3.63) is 71.5 Å². The first kappa shape index (κ1) is 20.1. The summed E-state index contributed by atoms with van der Waals surface area (Å²) in [6.07, 6.45) is 0.0640. The van der Waals surface area contributed by atoms with E-state index in [1.54, 1.807) is 36.1 Å². The van der Waals surface area contributed by atoms with Crippen LogP contribution < -0.4 is 10.1 Å². The number of methoxy groups -OCH3 is 1. The second-order valence-electron chi connectivity index (χ2n) is 6.53. The molecule has 0 aliphatic heterocycles. The van der Waals surface area contributed by atoms with Gasteiger partial charge in [-0.1, -0.05) is 30.3 Å². The molecular weight excluding hydrogens is 370 g/mol. The predicted octanol–water partition coefficient (Wildman–Crippen LogP) is 3.22. The second kappa shape index (κ2) is 9.05. The Hall–Kier alpha value is -3.61. The molecule has 29 heavy (non-hydrogen) atoms. The first-order valence-corrected chi connectivity index (χ1v) is 9.18. The standard InChI is InChI=1S/C22H23N3O4/c1-15-22(16(2)25(24-15)18-9-5-4-6-10-18)23-20(26)14-29-21(27)13-17-8-7-11-19(12-17)28-3/h4-12H,13-14H2,1-3H3,(H,23,26). The zero-order chi connectivity index (χ0) is 20.8. The first-order valence-electron chi connectivity index (χ1n) is 9.18. The van der Waals surface area contributed by atoms with E-state index in [1.165, 1.54) is 0 Å². The van der Waals surface area contributed by atoms with E-state index >= 15 is 0 Å². The van der Waals surface area contributed by atoms with Gasteiger partial charge < -0.3 is 14.8 Å². The number of hydrogen-bond acceptors (Lipinski definition) is 5. The second-order valence-corrected chi connectivity index (χ2v) is 6.53. The van der Waals surface area contributed by atoms with Gasteiger partial charge in [-0.2, -0.15) is 5.10 Å². The third kappa shape index (κ3) is 5.01. The summed E-state index contributed by atoms with van der Waals surface area (Å²) < 4.78 is 12.0. The van der Waals surface area contributed by atoms with Gasteiger partial charge in [0.15, 0.2) is 6.61 Å². The van der Waals surface area contributed by atoms with Gasteiger partial charge in [0.05, 0.1) is 36.3 Å². The normalized spacial score (nSPS) is 10.4. The summed E-state index contributed by atoms with van der Waals surface area (Å²) in [6.45, 7) is 3.33. The fourth-order valence-corrected chi connectivity index (χ4v) is 2.97. The summed E-state index contributed by atoms with van der Waals surface area (Å²) >= 11 is 0. The van der Waals surface area contributed by atoms with Crippen LogP contribution in [0.2, 0.25) is 0 Å². The maximum absolute atomic E-state index is 12.3. The maximum atomic E-state index is 12.3. The number of benzene rings is 2. The van der Waals surface area contributed by atoms with Gasteiger partial charge in [-0.25, -0.2) is 4.68 Å². The Morgan fingerprint density at radius 2 is 1.83 bits per heavy atom. The van der Waals surface area contributed by atoms with E-state index in [4.69, 9.17) is 9.47 Å². The molecule has 2 aromatic carbocycles. The van der Waals surface area contributed by atoms with Crippen molar-refractivity contribution in [1.82, 2.24) is 9.78 Å². The van der Waals surface area contributed by atoms with Crippen molar-refractivity contribution < 1.29 is 19.1 Å². The number of ether oxygens (including phenoxy) is 2. The van der Waals surface area contributed by atoms with Crippen molar-refractivity contribution in [2.45, 2.75) is 20.3 Å². The van der Waals surface area contributed by atoms with E-state index in [0.29, 0.717) is 17.1 Å². The van der Waals surface area contributed by atoms with E-state index in [-0.39, 0.29) is 13.0 Å². The van der Waals surface area contributed by atoms with Gasteiger partial charge in [0.1, 0.15) is 5.75 Å². The molecule has 7 nitrogen and oxygen atoms in total. The lowest BCUT2D eigenvalue weighted by atomic mass is 10.1. The number of carbonyl (C=O) groups excluding carboxylic acids is 2. The van der Waals surface area contributed by atoms with Crippen LogP contribution in [-0.4, -0.2) is 35.4 Å². The lowest BCUT2D eigenvalue weighted by Gasteiger charge is -2.08. The summed E-state index contributed by atoms with van der Waals surface area (Å²) in [5.41, 5.74) is 3.75. The lowest BCUT2D eigenvalue weighted by Crippen LogP contribution is -2.22. The summed E-state index contributed by atoms with van der Waals surface area (Å²) in [6, 6.07) is 16.8. The minimum atomic E-state index is -0.484. The number of aryl methyl sites for hydroxylation is 1. The van der Waals surface area contributed by atoms with E-state index in [1.807, 2.05) is 44.2 Å². The molecule has 0 fully saturated rings. The van der Waals surface area contributed by atoms with Gasteiger partial charge in [0.25, 0.3) is 5.91 Å². The zero-order valence-electron chi connectivity index (χ0n) is 16.6. The maximum Gasteiger partial charge on any atom is 0.310 e. The highest BCUT2D eigenvalue weighted by Crippen LogP contribution is 2.22. The monoisotopic (exact) mass is 393 g/mol. The Balaban J connectivity index is 1.58. The lowest BCUT2D eigenvalue weighted by molar-refractivity contribution is -0.146. The van der Waals surface area contributed by atoms with Crippen LogP contribution in [0.15, 0.2) is 54.6 Å². The number of rotatable bonds is 7. The van der Waals surface area contributed by atoms with Gasteiger partial charge in [-0.15, -0.1) is 0 Å². The molecule has 0 saturated heterocycles. The van der Waals surface area contributed by atoms with Crippen molar-refractivity contribution in [3.8, 4) is 11.4 Å². The molecule has 0 aliphatic carbocycles. The van der Waals surface area contributed by atoms with Crippen molar-refractivity contribution >= 4 is 17.6 Å². The summed E-state index contributed by atoms with van der Waals surface area (Å²) in [5.74, 6) is -0.237. The molecule has 0 spiro atoms. The van der Waals surface area contributed by atoms with Gasteiger partial charge in [0, 0.05) is 0 Å². The Morgan fingerprint density at radius 1 is 1.07 bits per heavy atom. The number of carbonyl (C=O) groups is 2. The molecule has 0 bridgehead atoms. The number of anilines is 1. The molecule has 7 heteroatoms. The van der Waals surface area contributed by atoms with E-state index in [9.17, 15) is 9.59 Å². The average Bonchev–Trinajstić information content (AvgIpc) is 3.01. The van der Waals surface area contributed by atoms with Gasteiger partial charge >= 0.3 is 5.97 Å². The molecular formula is C22H23N3O4. The summed E-state index contributed by atoms with van der Waals surface area (Å²) in [5, 5.41) is 7.27. The van der Waals surface area contributed by atoms with Crippen molar-refractivity contribution in [1.29, 1.82) is 0 Å². The van der Waals surface area contributed by atoms with E-state index < -0.39 is 11.9 Å². The van der Waals surface area contributed by atoms with Crippen molar-refractivity contribution in [3.63, 3.8) is 0 Å². The molecule has 0 unspecified atom stereocenters. The Morgan fingerprint density at radius 3 is 2.55 bits per heavy atom. The van der Waals surface area contributed by atoms with Crippen LogP contribution in [0.4, 0.5) is 5.69 Å². The third-order valence-corrected chi connectivity index (χ3v) is 4.40. The molecule has 3 aromatic rings. The molecule has 1 amide bonds. The van der Waals surface area contributed by atoms with Gasteiger partial charge in [0.2, 0.25) is 0 Å². The highest BCUT2D eigenvalue weighted by molar-refractivity contribution is 5.94. The molecule has 150 valence electrons. The van der Waals surface area contributed by atoms with Crippen LogP contribution in [0, 0.1) is 13.8 Å². The number of nitrogens with zero attached hydrogens (tertiary/aromatic N) is 2. The van der Waals surface area contributed by atoms with Crippen LogP contribution in [0.5, 0.6) is 5.75 Å². The highest BCUT2D eigenvalue weighted by atomic mass is 16.5. The molecule has 0 saturated carbocycles. The molecule has 1 aromatic heterocycles. The fraction of sp³-hybridized carbons (Fsp3) is 0.227.